The number of amides is 1. The van der Waals surface area contributed by atoms with Gasteiger partial charge in [-0.2, -0.15) is 0 Å². The van der Waals surface area contributed by atoms with E-state index in [9.17, 15) is 19.5 Å². The topological polar surface area (TPSA) is 120 Å². The van der Waals surface area contributed by atoms with Gasteiger partial charge in [-0.1, -0.05) is 0 Å². The number of hydrogen-bond donors (Lipinski definition) is 1. The van der Waals surface area contributed by atoms with E-state index in [4.69, 9.17) is 14.0 Å². The molecule has 2 aliphatic heterocycles. The first-order valence-corrected chi connectivity index (χ1v) is 11.7. The van der Waals surface area contributed by atoms with E-state index in [0.717, 1.165) is 0 Å². The van der Waals surface area contributed by atoms with Gasteiger partial charge in [-0.15, -0.1) is 0 Å². The van der Waals surface area contributed by atoms with Gasteiger partial charge in [0, 0.05) is 30.9 Å². The second kappa shape index (κ2) is 8.34. The van der Waals surface area contributed by atoms with Crippen LogP contribution in [0.25, 0.3) is 11.0 Å². The summed E-state index contributed by atoms with van der Waals surface area (Å²) in [5.41, 5.74) is -1.89. The molecule has 188 valence electrons. The third-order valence-corrected chi connectivity index (χ3v) is 6.85. The molecule has 0 radical (unpaired) electrons. The molecule has 0 aliphatic carbocycles. The Kier molecular flexibility index (Phi) is 6.00. The fraction of sp³-hybridized carbons (Fsp3) is 0.583. The number of aromatic carboxylic acids is 1. The summed E-state index contributed by atoms with van der Waals surface area (Å²) in [7, 11) is -0.743. The van der Waals surface area contributed by atoms with Crippen LogP contribution in [0.4, 0.5) is 4.79 Å². The van der Waals surface area contributed by atoms with Crippen LogP contribution in [-0.4, -0.2) is 68.6 Å². The lowest BCUT2D eigenvalue weighted by atomic mass is 9.80. The van der Waals surface area contributed by atoms with E-state index in [1.807, 2.05) is 27.7 Å². The van der Waals surface area contributed by atoms with E-state index in [0.29, 0.717) is 30.6 Å². The van der Waals surface area contributed by atoms with E-state index < -0.39 is 41.4 Å². The van der Waals surface area contributed by atoms with Crippen LogP contribution < -0.4 is 10.9 Å². The number of carbonyl (C=O) groups excluding carboxylic acids is 1. The number of carbonyl (C=O) groups is 2. The van der Waals surface area contributed by atoms with Crippen molar-refractivity contribution >= 4 is 35.7 Å². The number of carboxylic acids is 1. The lowest BCUT2D eigenvalue weighted by molar-refractivity contribution is 0.00578. The molecule has 1 amide bonds. The molecule has 1 N–H and O–H groups in total. The van der Waals surface area contributed by atoms with Crippen molar-refractivity contribution in [3.63, 3.8) is 0 Å². The van der Waals surface area contributed by atoms with Crippen molar-refractivity contribution in [3.05, 3.63) is 34.2 Å². The van der Waals surface area contributed by atoms with Gasteiger partial charge in [0.05, 0.1) is 22.6 Å². The number of nitrogens with zero attached hydrogens (tertiary/aromatic N) is 3. The Morgan fingerprint density at radius 1 is 1.20 bits per heavy atom. The number of ether oxygens (including phenoxy) is 1. The Morgan fingerprint density at radius 2 is 1.83 bits per heavy atom. The summed E-state index contributed by atoms with van der Waals surface area (Å²) >= 11 is 0. The molecule has 2 aliphatic rings. The number of fused-ring (bicyclic) bond motifs is 1. The quantitative estimate of drug-likeness (QED) is 0.659. The summed E-state index contributed by atoms with van der Waals surface area (Å²) in [5.74, 6) is -1.33. The van der Waals surface area contributed by atoms with Crippen molar-refractivity contribution in [1.82, 2.24) is 14.5 Å². The number of rotatable bonds is 3. The van der Waals surface area contributed by atoms with Gasteiger partial charge in [0.25, 0.3) is 0 Å². The number of carboxylic acid groups (broad SMARTS) is 1. The van der Waals surface area contributed by atoms with E-state index in [2.05, 4.69) is 4.98 Å². The highest BCUT2D eigenvalue weighted by molar-refractivity contribution is 6.62. The van der Waals surface area contributed by atoms with Crippen LogP contribution in [0.2, 0.25) is 0 Å². The van der Waals surface area contributed by atoms with Gasteiger partial charge in [-0.05, 0) is 61.0 Å². The van der Waals surface area contributed by atoms with Gasteiger partial charge >= 0.3 is 19.2 Å². The van der Waals surface area contributed by atoms with Crippen molar-refractivity contribution in [2.75, 3.05) is 13.1 Å². The molecule has 35 heavy (non-hydrogen) atoms. The van der Waals surface area contributed by atoms with Crippen molar-refractivity contribution in [1.29, 1.82) is 0 Å². The van der Waals surface area contributed by atoms with Crippen LogP contribution in [0.5, 0.6) is 0 Å². The highest BCUT2D eigenvalue weighted by atomic mass is 16.7. The predicted octanol–water partition coefficient (Wildman–Crippen LogP) is 2.58. The van der Waals surface area contributed by atoms with Crippen molar-refractivity contribution in [2.24, 2.45) is 0 Å². The van der Waals surface area contributed by atoms with E-state index in [1.54, 1.807) is 42.5 Å². The smallest absolute Gasteiger partial charge is 0.477 e. The molecule has 0 spiro atoms. The fourth-order valence-electron chi connectivity index (χ4n) is 4.25. The van der Waals surface area contributed by atoms with Crippen molar-refractivity contribution in [3.8, 4) is 0 Å². The molecule has 2 aromatic rings. The molecular formula is C24H32BN3O7. The standard InChI is InChI=1S/C24H32BN3O7/c1-22(2,3)33-21(32)27-9-8-15(12-27)28-13-17(20(30)31)18(29)16-10-14(11-26-19(16)28)25-34-23(4,5)24(6,7)35-25/h10-11,13,15H,8-9,12H2,1-7H3,(H,30,31). The Morgan fingerprint density at radius 3 is 2.40 bits per heavy atom. The highest BCUT2D eigenvalue weighted by Gasteiger charge is 2.52. The second-order valence-corrected chi connectivity index (χ2v) is 11.2. The maximum atomic E-state index is 13.1. The van der Waals surface area contributed by atoms with Crippen LogP contribution in [0.3, 0.4) is 0 Å². The summed E-state index contributed by atoms with van der Waals surface area (Å²) in [4.78, 5) is 43.6. The zero-order valence-corrected chi connectivity index (χ0v) is 21.2. The van der Waals surface area contributed by atoms with Gasteiger partial charge in [0.1, 0.15) is 16.8 Å². The summed E-state index contributed by atoms with van der Waals surface area (Å²) in [6, 6.07) is 1.33. The maximum Gasteiger partial charge on any atom is 0.496 e. The van der Waals surface area contributed by atoms with Gasteiger partial charge in [0.2, 0.25) is 5.43 Å². The lowest BCUT2D eigenvalue weighted by Crippen LogP contribution is -2.41. The van der Waals surface area contributed by atoms with Crippen molar-refractivity contribution in [2.45, 2.75) is 77.7 Å². The van der Waals surface area contributed by atoms with Crippen LogP contribution in [0.1, 0.15) is 71.3 Å². The molecule has 2 fully saturated rings. The average molecular weight is 485 g/mol. The minimum atomic E-state index is -1.33. The molecule has 2 aromatic heterocycles. The molecule has 0 aromatic carbocycles. The normalized spacial score (nSPS) is 21.5. The second-order valence-electron chi connectivity index (χ2n) is 11.2. The molecule has 1 unspecified atom stereocenters. The molecule has 4 heterocycles. The summed E-state index contributed by atoms with van der Waals surface area (Å²) < 4.78 is 19.3. The molecule has 1 atom stereocenters. The highest BCUT2D eigenvalue weighted by Crippen LogP contribution is 2.36. The zero-order chi connectivity index (χ0) is 25.9. The van der Waals surface area contributed by atoms with Crippen LogP contribution in [-0.2, 0) is 14.0 Å². The predicted molar refractivity (Wildman–Crippen MR) is 130 cm³/mol. The van der Waals surface area contributed by atoms with Crippen LogP contribution >= 0.6 is 0 Å². The van der Waals surface area contributed by atoms with Gasteiger partial charge in [-0.3, -0.25) is 4.79 Å². The molecule has 10 nitrogen and oxygen atoms in total. The third kappa shape index (κ3) is 4.66. The molecule has 2 saturated heterocycles. The van der Waals surface area contributed by atoms with Gasteiger partial charge in [-0.25, -0.2) is 14.6 Å². The largest absolute Gasteiger partial charge is 0.496 e. The Hall–Kier alpha value is -2.92. The number of hydrogen-bond acceptors (Lipinski definition) is 7. The van der Waals surface area contributed by atoms with Crippen LogP contribution in [0, 0.1) is 0 Å². The van der Waals surface area contributed by atoms with E-state index >= 15 is 0 Å². The minimum absolute atomic E-state index is 0.160. The molecule has 0 bridgehead atoms. The summed E-state index contributed by atoms with van der Waals surface area (Å²) in [6.07, 6.45) is 3.04. The van der Waals surface area contributed by atoms with Gasteiger partial charge in [0.15, 0.2) is 0 Å². The molecule has 11 heteroatoms. The molecule has 4 rings (SSSR count). The van der Waals surface area contributed by atoms with E-state index in [1.165, 1.54) is 6.20 Å². The summed E-state index contributed by atoms with van der Waals surface area (Å²) in [5, 5.41) is 9.87. The minimum Gasteiger partial charge on any atom is -0.477 e. The van der Waals surface area contributed by atoms with Crippen LogP contribution in [0.15, 0.2) is 23.3 Å². The van der Waals surface area contributed by atoms with E-state index in [-0.39, 0.29) is 17.0 Å². The average Bonchev–Trinajstić information content (AvgIpc) is 3.29. The summed E-state index contributed by atoms with van der Waals surface area (Å²) in [6.45, 7) is 13.9. The Balaban J connectivity index is 1.73. The zero-order valence-electron chi connectivity index (χ0n) is 21.2. The Labute approximate surface area is 204 Å². The first-order chi connectivity index (χ1) is 16.1. The number of likely N-dealkylation sites (tertiary alicyclic amines) is 1. The third-order valence-electron chi connectivity index (χ3n) is 6.85. The lowest BCUT2D eigenvalue weighted by Gasteiger charge is -2.32. The number of aromatic nitrogens is 2. The first kappa shape index (κ1) is 25.2. The monoisotopic (exact) mass is 485 g/mol. The Bertz CT molecular complexity index is 1230. The fourth-order valence-corrected chi connectivity index (χ4v) is 4.25. The number of pyridine rings is 2. The molecular weight excluding hydrogens is 453 g/mol. The first-order valence-electron chi connectivity index (χ1n) is 11.7. The SMILES string of the molecule is CC(C)(C)OC(=O)N1CCC(n2cc(C(=O)O)c(=O)c3cc(B4OC(C)(C)C(C)(C)O4)cnc32)C1. The molecule has 0 saturated carbocycles. The van der Waals surface area contributed by atoms with Gasteiger partial charge < -0.3 is 28.6 Å². The maximum absolute atomic E-state index is 13.1. The van der Waals surface area contributed by atoms with Crippen molar-refractivity contribution < 1.29 is 28.7 Å².